The molecule has 0 aliphatic rings. The third-order valence-corrected chi connectivity index (χ3v) is 3.12. The number of hydrogen-bond donors (Lipinski definition) is 2. The van der Waals surface area contributed by atoms with E-state index in [1.54, 1.807) is 10.9 Å². The van der Waals surface area contributed by atoms with Crippen molar-refractivity contribution < 1.29 is 4.79 Å². The highest BCUT2D eigenvalue weighted by Gasteiger charge is 2.03. The van der Waals surface area contributed by atoms with Gasteiger partial charge in [-0.1, -0.05) is 22.0 Å². The highest BCUT2D eigenvalue weighted by Crippen LogP contribution is 2.15. The summed E-state index contributed by atoms with van der Waals surface area (Å²) in [6.45, 7) is 0.875. The second kappa shape index (κ2) is 6.49. The molecule has 0 unspecified atom stereocenters. The topological polar surface area (TPSA) is 59.0 Å². The number of nitrogens with zero attached hydrogens (tertiary/aromatic N) is 2. The fourth-order valence-electron chi connectivity index (χ4n) is 1.65. The molecule has 100 valence electrons. The lowest BCUT2D eigenvalue weighted by Gasteiger charge is -2.07. The standard InChI is InChI=1S/C13H15BrN4O/c1-18-12(5-6-16-18)8-15-9-13(19)17-11-4-2-3-10(14)7-11/h2-7,15H,8-9H2,1H3,(H,17,19). The van der Waals surface area contributed by atoms with Crippen molar-refractivity contribution in [1.82, 2.24) is 15.1 Å². The van der Waals surface area contributed by atoms with Crippen LogP contribution in [0.15, 0.2) is 41.0 Å². The number of benzene rings is 1. The molecule has 5 nitrogen and oxygen atoms in total. The number of aromatic nitrogens is 2. The normalized spacial score (nSPS) is 10.4. The minimum absolute atomic E-state index is 0.0692. The zero-order valence-corrected chi connectivity index (χ0v) is 12.1. The molecule has 1 aromatic heterocycles. The molecule has 0 radical (unpaired) electrons. The molecule has 0 atom stereocenters. The van der Waals surface area contributed by atoms with E-state index in [4.69, 9.17) is 0 Å². The Morgan fingerprint density at radius 3 is 2.95 bits per heavy atom. The van der Waals surface area contributed by atoms with E-state index in [9.17, 15) is 4.79 Å². The molecule has 0 aliphatic heterocycles. The lowest BCUT2D eigenvalue weighted by molar-refractivity contribution is -0.115. The van der Waals surface area contributed by atoms with Crippen LogP contribution in [-0.4, -0.2) is 22.2 Å². The Labute approximate surface area is 120 Å². The lowest BCUT2D eigenvalue weighted by atomic mass is 10.3. The van der Waals surface area contributed by atoms with Gasteiger partial charge in [-0.05, 0) is 24.3 Å². The van der Waals surface area contributed by atoms with Crippen molar-refractivity contribution >= 4 is 27.5 Å². The van der Waals surface area contributed by atoms with Crippen LogP contribution in [0.5, 0.6) is 0 Å². The molecule has 1 heterocycles. The first-order chi connectivity index (χ1) is 9.15. The first kappa shape index (κ1) is 13.8. The monoisotopic (exact) mass is 322 g/mol. The Morgan fingerprint density at radius 2 is 2.26 bits per heavy atom. The predicted molar refractivity (Wildman–Crippen MR) is 77.7 cm³/mol. The molecule has 0 aliphatic carbocycles. The van der Waals surface area contributed by atoms with E-state index in [2.05, 4.69) is 31.7 Å². The number of hydrogen-bond acceptors (Lipinski definition) is 3. The first-order valence-electron chi connectivity index (χ1n) is 5.88. The molecule has 0 saturated heterocycles. The van der Waals surface area contributed by atoms with Crippen LogP contribution in [0.2, 0.25) is 0 Å². The van der Waals surface area contributed by atoms with Gasteiger partial charge >= 0.3 is 0 Å². The molecular weight excluding hydrogens is 308 g/mol. The van der Waals surface area contributed by atoms with Crippen LogP contribution < -0.4 is 10.6 Å². The zero-order chi connectivity index (χ0) is 13.7. The summed E-state index contributed by atoms with van der Waals surface area (Å²) in [6.07, 6.45) is 1.73. The van der Waals surface area contributed by atoms with Gasteiger partial charge < -0.3 is 10.6 Å². The largest absolute Gasteiger partial charge is 0.325 e. The second-order valence-electron chi connectivity index (χ2n) is 4.11. The van der Waals surface area contributed by atoms with Crippen molar-refractivity contribution in [2.45, 2.75) is 6.54 Å². The summed E-state index contributed by atoms with van der Waals surface area (Å²) in [5.41, 5.74) is 1.82. The fourth-order valence-corrected chi connectivity index (χ4v) is 2.05. The number of carbonyl (C=O) groups is 1. The molecule has 0 saturated carbocycles. The van der Waals surface area contributed by atoms with Gasteiger partial charge in [0.2, 0.25) is 5.91 Å². The van der Waals surface area contributed by atoms with E-state index >= 15 is 0 Å². The van der Waals surface area contributed by atoms with Crippen molar-refractivity contribution in [3.05, 3.63) is 46.7 Å². The van der Waals surface area contributed by atoms with Gasteiger partial charge in [0.25, 0.3) is 0 Å². The third kappa shape index (κ3) is 4.18. The summed E-state index contributed by atoms with van der Waals surface area (Å²) in [4.78, 5) is 11.7. The van der Waals surface area contributed by atoms with E-state index < -0.39 is 0 Å². The average molecular weight is 323 g/mol. The Morgan fingerprint density at radius 1 is 1.42 bits per heavy atom. The molecule has 0 fully saturated rings. The Bertz CT molecular complexity index is 567. The highest BCUT2D eigenvalue weighted by atomic mass is 79.9. The van der Waals surface area contributed by atoms with Gasteiger partial charge in [-0.25, -0.2) is 0 Å². The summed E-state index contributed by atoms with van der Waals surface area (Å²) in [5, 5.41) is 9.96. The number of carbonyl (C=O) groups excluding carboxylic acids is 1. The number of amides is 1. The van der Waals surface area contributed by atoms with Crippen LogP contribution >= 0.6 is 15.9 Å². The number of aryl methyl sites for hydroxylation is 1. The van der Waals surface area contributed by atoms with Gasteiger partial charge in [0.15, 0.2) is 0 Å². The third-order valence-electron chi connectivity index (χ3n) is 2.62. The van der Waals surface area contributed by atoms with E-state index in [0.717, 1.165) is 15.9 Å². The number of halogens is 1. The molecule has 2 aromatic rings. The molecule has 6 heteroatoms. The highest BCUT2D eigenvalue weighted by molar-refractivity contribution is 9.10. The molecule has 19 heavy (non-hydrogen) atoms. The van der Waals surface area contributed by atoms with Crippen LogP contribution in [0.25, 0.3) is 0 Å². The Hall–Kier alpha value is -1.66. The van der Waals surface area contributed by atoms with E-state index in [1.807, 2.05) is 37.4 Å². The summed E-state index contributed by atoms with van der Waals surface area (Å²) in [6, 6.07) is 9.42. The predicted octanol–water partition coefficient (Wildman–Crippen LogP) is 1.91. The van der Waals surface area contributed by atoms with Gasteiger partial charge in [0.05, 0.1) is 12.2 Å². The van der Waals surface area contributed by atoms with Gasteiger partial charge in [-0.2, -0.15) is 5.10 Å². The van der Waals surface area contributed by atoms with Crippen LogP contribution in [-0.2, 0) is 18.4 Å². The summed E-state index contributed by atoms with van der Waals surface area (Å²) < 4.78 is 2.72. The summed E-state index contributed by atoms with van der Waals surface area (Å²) in [7, 11) is 1.87. The Kier molecular flexibility index (Phi) is 4.70. The second-order valence-corrected chi connectivity index (χ2v) is 5.02. The number of nitrogens with one attached hydrogen (secondary N) is 2. The van der Waals surface area contributed by atoms with E-state index in [0.29, 0.717) is 6.54 Å². The van der Waals surface area contributed by atoms with Gasteiger partial charge in [-0.3, -0.25) is 9.48 Å². The quantitative estimate of drug-likeness (QED) is 0.884. The molecule has 1 aromatic carbocycles. The maximum atomic E-state index is 11.7. The van der Waals surface area contributed by atoms with Crippen LogP contribution in [0.4, 0.5) is 5.69 Å². The van der Waals surface area contributed by atoms with Crippen LogP contribution in [0.3, 0.4) is 0 Å². The lowest BCUT2D eigenvalue weighted by Crippen LogP contribution is -2.28. The molecule has 1 amide bonds. The summed E-state index contributed by atoms with van der Waals surface area (Å²) >= 11 is 3.36. The molecule has 2 N–H and O–H groups in total. The average Bonchev–Trinajstić information content (AvgIpc) is 2.75. The van der Waals surface area contributed by atoms with Gasteiger partial charge in [0.1, 0.15) is 0 Å². The van der Waals surface area contributed by atoms with E-state index in [1.165, 1.54) is 0 Å². The maximum Gasteiger partial charge on any atom is 0.238 e. The fraction of sp³-hybridized carbons (Fsp3) is 0.231. The van der Waals surface area contributed by atoms with Crippen LogP contribution in [0.1, 0.15) is 5.69 Å². The van der Waals surface area contributed by atoms with Crippen molar-refractivity contribution in [3.8, 4) is 0 Å². The Balaban J connectivity index is 1.77. The van der Waals surface area contributed by atoms with Gasteiger partial charge in [-0.15, -0.1) is 0 Å². The number of rotatable bonds is 5. The zero-order valence-electron chi connectivity index (χ0n) is 10.6. The number of anilines is 1. The summed E-state index contributed by atoms with van der Waals surface area (Å²) in [5.74, 6) is -0.0692. The molecule has 0 bridgehead atoms. The molecule has 0 spiro atoms. The van der Waals surface area contributed by atoms with Crippen molar-refractivity contribution in [1.29, 1.82) is 0 Å². The smallest absolute Gasteiger partial charge is 0.238 e. The van der Waals surface area contributed by atoms with Crippen molar-refractivity contribution in [2.75, 3.05) is 11.9 Å². The first-order valence-corrected chi connectivity index (χ1v) is 6.67. The minimum atomic E-state index is -0.0692. The van der Waals surface area contributed by atoms with Crippen molar-refractivity contribution in [2.24, 2.45) is 7.05 Å². The minimum Gasteiger partial charge on any atom is -0.325 e. The maximum absolute atomic E-state index is 11.7. The SMILES string of the molecule is Cn1nccc1CNCC(=O)Nc1cccc(Br)c1. The molecule has 2 rings (SSSR count). The van der Waals surface area contributed by atoms with E-state index in [-0.39, 0.29) is 12.5 Å². The van der Waals surface area contributed by atoms with Crippen LogP contribution in [0, 0.1) is 0 Å². The van der Waals surface area contributed by atoms with Gasteiger partial charge in [0, 0.05) is 29.9 Å². The molecular formula is C13H15BrN4O. The van der Waals surface area contributed by atoms with Crippen molar-refractivity contribution in [3.63, 3.8) is 0 Å².